The number of nitrogens with zero attached hydrogens (tertiary/aromatic N) is 1. The summed E-state index contributed by atoms with van der Waals surface area (Å²) in [6.45, 7) is 3.79. The van der Waals surface area contributed by atoms with Crippen molar-refractivity contribution in [2.24, 2.45) is 5.92 Å². The second-order valence-corrected chi connectivity index (χ2v) is 11.2. The highest BCUT2D eigenvalue weighted by molar-refractivity contribution is 5.76. The van der Waals surface area contributed by atoms with E-state index in [0.717, 1.165) is 55.9 Å². The van der Waals surface area contributed by atoms with Crippen LogP contribution in [0, 0.1) is 5.92 Å². The number of carbonyl (C=O) groups excluding carboxylic acids is 1. The Hall–Kier alpha value is -2.73. The smallest absolute Gasteiger partial charge is 0.217 e. The van der Waals surface area contributed by atoms with Crippen molar-refractivity contribution < 1.29 is 14.6 Å². The summed E-state index contributed by atoms with van der Waals surface area (Å²) in [5.41, 5.74) is 2.78. The molecule has 1 saturated heterocycles. The van der Waals surface area contributed by atoms with Crippen molar-refractivity contribution in [1.82, 2.24) is 10.2 Å². The molecule has 0 radical (unpaired) electrons. The second-order valence-electron chi connectivity index (χ2n) is 11.2. The SMILES string of the molecule is CC(=O)N[C@@]12CC[C@@H](Nc3ccccc3)[C@@H]3Oc4c(O)ccc5c4[C@@]31CCN(CC1CC1)[C@@H]2C5. The maximum atomic E-state index is 12.8. The average molecular weight is 460 g/mol. The van der Waals surface area contributed by atoms with Crippen LogP contribution in [0.4, 0.5) is 5.69 Å². The van der Waals surface area contributed by atoms with Crippen LogP contribution in [-0.2, 0) is 16.6 Å². The number of amides is 1. The van der Waals surface area contributed by atoms with E-state index in [1.165, 1.54) is 18.4 Å². The number of nitrogens with one attached hydrogen (secondary N) is 2. The first-order valence-electron chi connectivity index (χ1n) is 12.9. The minimum Gasteiger partial charge on any atom is -0.504 e. The molecule has 3 fully saturated rings. The summed E-state index contributed by atoms with van der Waals surface area (Å²) in [6, 6.07) is 14.6. The second kappa shape index (κ2) is 7.14. The maximum absolute atomic E-state index is 12.8. The summed E-state index contributed by atoms with van der Waals surface area (Å²) in [4.78, 5) is 15.4. The van der Waals surface area contributed by atoms with Crippen LogP contribution in [0.15, 0.2) is 42.5 Å². The molecule has 1 amide bonds. The van der Waals surface area contributed by atoms with Gasteiger partial charge in [0.25, 0.3) is 0 Å². The highest BCUT2D eigenvalue weighted by Gasteiger charge is 2.73. The van der Waals surface area contributed by atoms with Crippen LogP contribution in [0.1, 0.15) is 50.2 Å². The van der Waals surface area contributed by atoms with Gasteiger partial charge in [-0.2, -0.15) is 0 Å². The Morgan fingerprint density at radius 3 is 2.74 bits per heavy atom. The molecule has 6 nitrogen and oxygen atoms in total. The number of likely N-dealkylation sites (tertiary alicyclic amines) is 1. The van der Waals surface area contributed by atoms with Gasteiger partial charge in [0.15, 0.2) is 11.5 Å². The van der Waals surface area contributed by atoms with Crippen LogP contribution < -0.4 is 15.4 Å². The van der Waals surface area contributed by atoms with Crippen molar-refractivity contribution in [2.75, 3.05) is 18.4 Å². The van der Waals surface area contributed by atoms with Crippen molar-refractivity contribution in [3.63, 3.8) is 0 Å². The summed E-state index contributed by atoms with van der Waals surface area (Å²) in [7, 11) is 0. The third kappa shape index (κ3) is 2.69. The Bertz CT molecular complexity index is 1150. The number of hydrogen-bond acceptors (Lipinski definition) is 5. The lowest BCUT2D eigenvalue weighted by Gasteiger charge is -2.66. The number of benzene rings is 2. The summed E-state index contributed by atoms with van der Waals surface area (Å²) in [5, 5.41) is 18.2. The molecule has 5 atom stereocenters. The first-order valence-corrected chi connectivity index (χ1v) is 12.9. The first-order chi connectivity index (χ1) is 16.5. The predicted molar refractivity (Wildman–Crippen MR) is 130 cm³/mol. The van der Waals surface area contributed by atoms with Gasteiger partial charge in [0.05, 0.1) is 17.0 Å². The molecule has 5 aliphatic rings. The first kappa shape index (κ1) is 20.6. The average Bonchev–Trinajstić information content (AvgIpc) is 3.56. The zero-order valence-electron chi connectivity index (χ0n) is 19.7. The van der Waals surface area contributed by atoms with Gasteiger partial charge >= 0.3 is 0 Å². The predicted octanol–water partition coefficient (Wildman–Crippen LogP) is 3.58. The van der Waals surface area contributed by atoms with Crippen LogP contribution >= 0.6 is 0 Å². The van der Waals surface area contributed by atoms with E-state index in [1.807, 2.05) is 18.2 Å². The molecule has 2 bridgehead atoms. The molecule has 2 aromatic rings. The highest BCUT2D eigenvalue weighted by atomic mass is 16.5. The molecule has 1 spiro atoms. The van der Waals surface area contributed by atoms with E-state index >= 15 is 0 Å². The van der Waals surface area contributed by atoms with E-state index in [4.69, 9.17) is 4.74 Å². The maximum Gasteiger partial charge on any atom is 0.217 e. The van der Waals surface area contributed by atoms with E-state index in [2.05, 4.69) is 33.7 Å². The van der Waals surface area contributed by atoms with E-state index in [1.54, 1.807) is 13.0 Å². The van der Waals surface area contributed by atoms with E-state index in [-0.39, 0.29) is 35.3 Å². The van der Waals surface area contributed by atoms with E-state index in [0.29, 0.717) is 5.75 Å². The van der Waals surface area contributed by atoms with Crippen LogP contribution in [0.2, 0.25) is 0 Å². The lowest BCUT2D eigenvalue weighted by molar-refractivity contribution is -0.133. The van der Waals surface area contributed by atoms with Gasteiger partial charge in [0.2, 0.25) is 5.91 Å². The topological polar surface area (TPSA) is 73.8 Å². The van der Waals surface area contributed by atoms with Gasteiger partial charge < -0.3 is 20.5 Å². The van der Waals surface area contributed by atoms with Crippen LogP contribution in [0.3, 0.4) is 0 Å². The molecule has 0 aromatic heterocycles. The van der Waals surface area contributed by atoms with Gasteiger partial charge in [0.1, 0.15) is 6.10 Å². The van der Waals surface area contributed by atoms with Crippen molar-refractivity contribution in [1.29, 1.82) is 0 Å². The van der Waals surface area contributed by atoms with Crippen LogP contribution in [0.25, 0.3) is 0 Å². The Balaban J connectivity index is 1.39. The fourth-order valence-corrected chi connectivity index (χ4v) is 7.99. The fourth-order valence-electron chi connectivity index (χ4n) is 7.99. The normalized spacial score (nSPS) is 35.3. The summed E-state index contributed by atoms with van der Waals surface area (Å²) in [5.74, 6) is 1.69. The number of hydrogen-bond donors (Lipinski definition) is 3. The number of phenols is 1. The van der Waals surface area contributed by atoms with Crippen LogP contribution in [0.5, 0.6) is 11.5 Å². The monoisotopic (exact) mass is 459 g/mol. The molecular weight excluding hydrogens is 426 g/mol. The Kier molecular flexibility index (Phi) is 4.33. The summed E-state index contributed by atoms with van der Waals surface area (Å²) >= 11 is 0. The standard InChI is InChI=1S/C28H33N3O3/c1-17(32)30-28-12-11-21(29-20-5-3-2-4-6-20)26-27(28)13-14-31(16-18-7-8-18)23(28)15-19-9-10-22(33)25(34-26)24(19)27/h2-6,9-10,18,21,23,26,29,33H,7-8,11-16H2,1H3,(H,30,32)/t21-,23-,26+,27+,28-/m1/s1. The molecule has 7 rings (SSSR count). The van der Waals surface area contributed by atoms with E-state index < -0.39 is 5.54 Å². The van der Waals surface area contributed by atoms with Crippen LogP contribution in [-0.4, -0.2) is 52.7 Å². The number of phenolic OH excluding ortho intramolecular Hbond substituents is 1. The quantitative estimate of drug-likeness (QED) is 0.637. The number of rotatable bonds is 5. The molecule has 2 heterocycles. The molecule has 6 heteroatoms. The third-order valence-electron chi connectivity index (χ3n) is 9.34. The highest BCUT2D eigenvalue weighted by Crippen LogP contribution is 2.65. The Morgan fingerprint density at radius 1 is 1.15 bits per heavy atom. The molecule has 0 unspecified atom stereocenters. The van der Waals surface area contributed by atoms with Gasteiger partial charge in [-0.15, -0.1) is 0 Å². The van der Waals surface area contributed by atoms with Gasteiger partial charge in [-0.1, -0.05) is 24.3 Å². The third-order valence-corrected chi connectivity index (χ3v) is 9.34. The zero-order chi connectivity index (χ0) is 23.1. The molecule has 2 saturated carbocycles. The number of carbonyl (C=O) groups is 1. The molecular formula is C28H33N3O3. The van der Waals surface area contributed by atoms with Gasteiger partial charge in [0, 0.05) is 30.8 Å². The number of para-hydroxylation sites is 1. The van der Waals surface area contributed by atoms with Gasteiger partial charge in [-0.3, -0.25) is 9.69 Å². The molecule has 3 aliphatic carbocycles. The van der Waals surface area contributed by atoms with Crippen molar-refractivity contribution in [2.45, 2.75) is 74.6 Å². The van der Waals surface area contributed by atoms with Crippen molar-refractivity contribution in [3.05, 3.63) is 53.6 Å². The zero-order valence-corrected chi connectivity index (χ0v) is 19.7. The van der Waals surface area contributed by atoms with Crippen molar-refractivity contribution >= 4 is 11.6 Å². The van der Waals surface area contributed by atoms with E-state index in [9.17, 15) is 9.90 Å². The number of ether oxygens (including phenoxy) is 1. The number of anilines is 1. The molecule has 2 aromatic carbocycles. The fraction of sp³-hybridized carbons (Fsp3) is 0.536. The summed E-state index contributed by atoms with van der Waals surface area (Å²) in [6.07, 6.45) is 6.12. The number of aromatic hydroxyl groups is 1. The van der Waals surface area contributed by atoms with Gasteiger partial charge in [-0.05, 0) is 74.8 Å². The lowest BCUT2D eigenvalue weighted by Crippen LogP contribution is -2.82. The minimum absolute atomic E-state index is 0.0305. The number of piperidine rings is 1. The molecule has 3 N–H and O–H groups in total. The molecule has 178 valence electrons. The van der Waals surface area contributed by atoms with Gasteiger partial charge in [-0.25, -0.2) is 0 Å². The van der Waals surface area contributed by atoms with Crippen molar-refractivity contribution in [3.8, 4) is 11.5 Å². The largest absolute Gasteiger partial charge is 0.504 e. The Morgan fingerprint density at radius 2 is 1.97 bits per heavy atom. The summed E-state index contributed by atoms with van der Waals surface area (Å²) < 4.78 is 6.75. The lowest BCUT2D eigenvalue weighted by atomic mass is 9.46. The minimum atomic E-state index is -0.391. The Labute approximate surface area is 200 Å². The molecule has 34 heavy (non-hydrogen) atoms. The molecule has 2 aliphatic heterocycles.